The van der Waals surface area contributed by atoms with Crippen molar-refractivity contribution in [3.63, 3.8) is 0 Å². The number of amides is 2. The van der Waals surface area contributed by atoms with Crippen molar-refractivity contribution >= 4 is 69.9 Å². The summed E-state index contributed by atoms with van der Waals surface area (Å²) >= 11 is 24.8. The Hall–Kier alpha value is -3.49. The second kappa shape index (κ2) is 8.57. The first-order valence-electron chi connectivity index (χ1n) is 10.5. The third kappa shape index (κ3) is 3.39. The molecule has 0 saturated heterocycles. The van der Waals surface area contributed by atoms with E-state index in [2.05, 4.69) is 15.1 Å². The van der Waals surface area contributed by atoms with Crippen LogP contribution in [-0.4, -0.2) is 31.4 Å². The summed E-state index contributed by atoms with van der Waals surface area (Å²) < 4.78 is 1.48. The fraction of sp³-hybridized carbons (Fsp3) is 0. The van der Waals surface area contributed by atoms with Gasteiger partial charge in [0, 0.05) is 11.1 Å². The van der Waals surface area contributed by atoms with Crippen LogP contribution in [0.3, 0.4) is 0 Å². The monoisotopic (exact) mass is 553 g/mol. The average Bonchev–Trinajstić information content (AvgIpc) is 3.44. The number of nitrogens with zero attached hydrogens (tertiary/aromatic N) is 5. The van der Waals surface area contributed by atoms with Crippen molar-refractivity contribution in [1.82, 2.24) is 19.6 Å². The molecular formula is C25H11Cl4N5O2. The summed E-state index contributed by atoms with van der Waals surface area (Å²) in [6.45, 7) is 0. The van der Waals surface area contributed by atoms with E-state index in [0.29, 0.717) is 11.4 Å². The van der Waals surface area contributed by atoms with Crippen LogP contribution >= 0.6 is 46.4 Å². The molecule has 3 aromatic carbocycles. The number of carbonyl (C=O) groups is 2. The van der Waals surface area contributed by atoms with E-state index in [-0.39, 0.29) is 42.9 Å². The first-order chi connectivity index (χ1) is 17.4. The summed E-state index contributed by atoms with van der Waals surface area (Å²) in [6.07, 6.45) is 0. The minimum absolute atomic E-state index is 0.117. The number of halogens is 4. The molecule has 0 N–H and O–H groups in total. The van der Waals surface area contributed by atoms with Gasteiger partial charge in [-0.05, 0) is 6.07 Å². The van der Waals surface area contributed by atoms with Gasteiger partial charge in [0.25, 0.3) is 23.5 Å². The highest BCUT2D eigenvalue weighted by molar-refractivity contribution is 6.56. The summed E-state index contributed by atoms with van der Waals surface area (Å²) in [5, 5.41) is 3.90. The van der Waals surface area contributed by atoms with Crippen molar-refractivity contribution in [3.8, 4) is 22.5 Å². The van der Waals surface area contributed by atoms with Crippen LogP contribution in [0.1, 0.15) is 20.7 Å². The molecule has 0 unspecified atom stereocenters. The lowest BCUT2D eigenvalue weighted by Crippen LogP contribution is -2.30. The predicted octanol–water partition coefficient (Wildman–Crippen LogP) is 6.87. The van der Waals surface area contributed by atoms with Gasteiger partial charge in [-0.1, -0.05) is 107 Å². The lowest BCUT2D eigenvalue weighted by molar-refractivity contribution is 0.0924. The lowest BCUT2D eigenvalue weighted by atomic mass is 10.1. The van der Waals surface area contributed by atoms with Crippen LogP contribution in [0.5, 0.6) is 0 Å². The number of fused-ring (bicyclic) bond motifs is 2. The quantitative estimate of drug-likeness (QED) is 0.138. The van der Waals surface area contributed by atoms with Crippen molar-refractivity contribution in [2.24, 2.45) is 0 Å². The van der Waals surface area contributed by atoms with Gasteiger partial charge in [-0.3, -0.25) is 9.59 Å². The number of hydrogen-bond acceptors (Lipinski definition) is 5. The van der Waals surface area contributed by atoms with E-state index in [0.717, 1.165) is 16.0 Å². The zero-order valence-corrected chi connectivity index (χ0v) is 20.9. The highest BCUT2D eigenvalue weighted by atomic mass is 35.5. The zero-order chi connectivity index (χ0) is 25.1. The van der Waals surface area contributed by atoms with E-state index in [9.17, 15) is 9.59 Å². The molecule has 176 valence electrons. The van der Waals surface area contributed by atoms with E-state index in [1.165, 1.54) is 4.52 Å². The molecule has 0 saturated carbocycles. The molecule has 0 fully saturated rings. The van der Waals surface area contributed by atoms with Gasteiger partial charge < -0.3 is 0 Å². The minimum atomic E-state index is -0.763. The number of aromatic nitrogens is 4. The third-order valence-corrected chi connectivity index (χ3v) is 7.54. The maximum atomic E-state index is 13.3. The molecule has 1 aliphatic rings. The fourth-order valence-corrected chi connectivity index (χ4v) is 5.07. The van der Waals surface area contributed by atoms with Gasteiger partial charge in [-0.25, -0.2) is 9.88 Å². The summed E-state index contributed by atoms with van der Waals surface area (Å²) in [5.74, 6) is -1.52. The fourth-order valence-electron chi connectivity index (χ4n) is 4.05. The lowest BCUT2D eigenvalue weighted by Gasteiger charge is -2.08. The van der Waals surface area contributed by atoms with Crippen molar-refractivity contribution in [2.75, 3.05) is 4.90 Å². The molecule has 1 aliphatic heterocycles. The number of hydrogen-bond donors (Lipinski definition) is 0. The standard InChI is InChI=1S/C25H11Cl4N5O2/c26-18-16-17(19(27)21(29)20(18)28)23(36)33(22(16)35)25-31-24-30-14(12-7-3-1-4-8-12)11-15(34(24)32-25)13-9-5-2-6-10-13/h1-11H. The molecule has 6 rings (SSSR count). The van der Waals surface area contributed by atoms with Crippen LogP contribution in [0.2, 0.25) is 20.1 Å². The Bertz CT molecular complexity index is 1680. The van der Waals surface area contributed by atoms with Gasteiger partial charge in [0.2, 0.25) is 0 Å². The highest BCUT2D eigenvalue weighted by Gasteiger charge is 2.44. The molecule has 5 aromatic rings. The van der Waals surface area contributed by atoms with Crippen LogP contribution in [0, 0.1) is 0 Å². The van der Waals surface area contributed by atoms with Gasteiger partial charge in [0.15, 0.2) is 0 Å². The molecular weight excluding hydrogens is 544 g/mol. The van der Waals surface area contributed by atoms with Crippen molar-refractivity contribution in [3.05, 3.63) is 97.9 Å². The van der Waals surface area contributed by atoms with Gasteiger partial charge in [0.05, 0.1) is 42.6 Å². The van der Waals surface area contributed by atoms with E-state index in [1.54, 1.807) is 0 Å². The number of rotatable bonds is 3. The molecule has 2 amide bonds. The Morgan fingerprint density at radius 1 is 0.639 bits per heavy atom. The molecule has 3 heterocycles. The smallest absolute Gasteiger partial charge is 0.268 e. The molecule has 0 spiro atoms. The zero-order valence-electron chi connectivity index (χ0n) is 17.9. The highest BCUT2D eigenvalue weighted by Crippen LogP contribution is 2.45. The number of benzene rings is 3. The second-order valence-corrected chi connectivity index (χ2v) is 9.35. The Morgan fingerprint density at radius 2 is 1.17 bits per heavy atom. The van der Waals surface area contributed by atoms with Crippen LogP contribution < -0.4 is 4.90 Å². The Balaban J connectivity index is 1.56. The first-order valence-corrected chi connectivity index (χ1v) is 12.0. The Kier molecular flexibility index (Phi) is 5.46. The number of anilines is 1. The van der Waals surface area contributed by atoms with Crippen molar-refractivity contribution in [1.29, 1.82) is 0 Å². The molecule has 0 bridgehead atoms. The van der Waals surface area contributed by atoms with Gasteiger partial charge in [-0.15, -0.1) is 5.10 Å². The third-order valence-electron chi connectivity index (χ3n) is 5.74. The number of imide groups is 1. The maximum absolute atomic E-state index is 13.3. The van der Waals surface area contributed by atoms with Crippen LogP contribution in [-0.2, 0) is 0 Å². The largest absolute Gasteiger partial charge is 0.270 e. The predicted molar refractivity (Wildman–Crippen MR) is 139 cm³/mol. The first kappa shape index (κ1) is 22.9. The van der Waals surface area contributed by atoms with Crippen LogP contribution in [0.25, 0.3) is 28.3 Å². The molecule has 7 nitrogen and oxygen atoms in total. The van der Waals surface area contributed by atoms with E-state index in [4.69, 9.17) is 46.4 Å². The SMILES string of the molecule is O=C1c2c(Cl)c(Cl)c(Cl)c(Cl)c2C(=O)N1c1nc2nc(-c3ccccc3)cc(-c3ccccc3)n2n1. The Labute approximate surface area is 223 Å². The van der Waals surface area contributed by atoms with Gasteiger partial charge in [-0.2, -0.15) is 9.50 Å². The summed E-state index contributed by atoms with van der Waals surface area (Å²) in [4.78, 5) is 36.5. The molecule has 2 aromatic heterocycles. The minimum Gasteiger partial charge on any atom is -0.268 e. The van der Waals surface area contributed by atoms with Crippen LogP contribution in [0.15, 0.2) is 66.7 Å². The maximum Gasteiger partial charge on any atom is 0.270 e. The van der Waals surface area contributed by atoms with Gasteiger partial charge >= 0.3 is 0 Å². The van der Waals surface area contributed by atoms with Crippen molar-refractivity contribution in [2.45, 2.75) is 0 Å². The molecule has 0 atom stereocenters. The van der Waals surface area contributed by atoms with Crippen LogP contribution in [0.4, 0.5) is 5.95 Å². The molecule has 0 radical (unpaired) electrons. The van der Waals surface area contributed by atoms with E-state index < -0.39 is 11.8 Å². The topological polar surface area (TPSA) is 80.5 Å². The van der Waals surface area contributed by atoms with E-state index in [1.807, 2.05) is 66.7 Å². The Morgan fingerprint density at radius 3 is 1.72 bits per heavy atom. The molecule has 0 aliphatic carbocycles. The van der Waals surface area contributed by atoms with E-state index >= 15 is 0 Å². The number of carbonyl (C=O) groups excluding carboxylic acids is 2. The summed E-state index contributed by atoms with van der Waals surface area (Å²) in [6, 6.07) is 20.9. The summed E-state index contributed by atoms with van der Waals surface area (Å²) in [7, 11) is 0. The average molecular weight is 555 g/mol. The molecule has 11 heteroatoms. The molecule has 36 heavy (non-hydrogen) atoms. The second-order valence-electron chi connectivity index (χ2n) is 7.83. The normalized spacial score (nSPS) is 13.1. The summed E-state index contributed by atoms with van der Waals surface area (Å²) in [5.41, 5.74) is 2.71. The van der Waals surface area contributed by atoms with Crippen molar-refractivity contribution < 1.29 is 9.59 Å². The van der Waals surface area contributed by atoms with Gasteiger partial charge in [0.1, 0.15) is 0 Å².